The summed E-state index contributed by atoms with van der Waals surface area (Å²) < 4.78 is 0. The molecule has 0 unspecified atom stereocenters. The highest BCUT2D eigenvalue weighted by Crippen LogP contribution is 2.26. The molecule has 90 valence electrons. The Kier molecular flexibility index (Phi) is 4.29. The molecule has 1 N–H and O–H groups in total. The molecule has 4 nitrogen and oxygen atoms in total. The van der Waals surface area contributed by atoms with Crippen LogP contribution in [0.15, 0.2) is 0 Å². The number of aliphatic carboxylic acids is 1. The van der Waals surface area contributed by atoms with E-state index in [1.807, 2.05) is 32.6 Å². The van der Waals surface area contributed by atoms with Gasteiger partial charge in [-0.25, -0.2) is 4.98 Å². The van der Waals surface area contributed by atoms with Gasteiger partial charge in [-0.1, -0.05) is 0 Å². The molecule has 1 heterocycles. The first-order valence-electron chi connectivity index (χ1n) is 5.34. The highest BCUT2D eigenvalue weighted by Gasteiger charge is 2.16. The summed E-state index contributed by atoms with van der Waals surface area (Å²) in [6.07, 6.45) is 0.149. The van der Waals surface area contributed by atoms with Crippen LogP contribution >= 0.6 is 11.3 Å². The molecule has 0 atom stereocenters. The summed E-state index contributed by atoms with van der Waals surface area (Å²) in [5.74, 6) is -0.768. The Morgan fingerprint density at radius 3 is 2.50 bits per heavy atom. The van der Waals surface area contributed by atoms with Crippen molar-refractivity contribution < 1.29 is 9.90 Å². The van der Waals surface area contributed by atoms with Crippen molar-refractivity contribution >= 4 is 22.4 Å². The molecule has 5 heteroatoms. The van der Waals surface area contributed by atoms with Gasteiger partial charge in [-0.3, -0.25) is 4.79 Å². The van der Waals surface area contributed by atoms with Gasteiger partial charge in [0.25, 0.3) is 0 Å². The number of nitrogens with zero attached hydrogens (tertiary/aromatic N) is 2. The molecule has 0 radical (unpaired) electrons. The molecule has 0 aliphatic heterocycles. The molecule has 0 aromatic carbocycles. The normalized spacial score (nSPS) is 10.8. The van der Waals surface area contributed by atoms with Crippen molar-refractivity contribution in [2.75, 3.05) is 11.4 Å². The third-order valence-electron chi connectivity index (χ3n) is 2.45. The van der Waals surface area contributed by atoms with Gasteiger partial charge in [-0.05, 0) is 27.7 Å². The summed E-state index contributed by atoms with van der Waals surface area (Å²) in [4.78, 5) is 18.3. The maximum Gasteiger partial charge on any atom is 0.305 e. The van der Waals surface area contributed by atoms with Crippen LogP contribution in [-0.2, 0) is 4.79 Å². The molecule has 0 aliphatic carbocycles. The molecule has 1 aromatic rings. The second-order valence-corrected chi connectivity index (χ2v) is 5.25. The highest BCUT2D eigenvalue weighted by atomic mass is 32.1. The van der Waals surface area contributed by atoms with Crippen molar-refractivity contribution in [1.29, 1.82) is 0 Å². The van der Waals surface area contributed by atoms with E-state index in [1.54, 1.807) is 11.3 Å². The fourth-order valence-electron chi connectivity index (χ4n) is 1.37. The summed E-state index contributed by atoms with van der Waals surface area (Å²) in [7, 11) is 0. The predicted octanol–water partition coefficient (Wildman–Crippen LogP) is 2.45. The molecule has 1 rings (SSSR count). The van der Waals surface area contributed by atoms with E-state index in [4.69, 9.17) is 5.11 Å². The fourth-order valence-corrected chi connectivity index (χ4v) is 2.44. The average molecular weight is 242 g/mol. The quantitative estimate of drug-likeness (QED) is 0.861. The SMILES string of the molecule is Cc1nc(N(CCC(=O)O)C(C)C)sc1C. The maximum absolute atomic E-state index is 10.6. The lowest BCUT2D eigenvalue weighted by molar-refractivity contribution is -0.136. The van der Waals surface area contributed by atoms with Gasteiger partial charge in [0.05, 0.1) is 12.1 Å². The number of carboxylic acids is 1. The molecule has 1 aromatic heterocycles. The molecule has 0 saturated carbocycles. The Labute approximate surface area is 99.9 Å². The summed E-state index contributed by atoms with van der Waals surface area (Å²) in [5.41, 5.74) is 1.03. The van der Waals surface area contributed by atoms with Crippen LogP contribution in [0, 0.1) is 13.8 Å². The zero-order valence-corrected chi connectivity index (χ0v) is 11.0. The predicted molar refractivity (Wildman–Crippen MR) is 66.3 cm³/mol. The minimum Gasteiger partial charge on any atom is -0.481 e. The van der Waals surface area contributed by atoms with Crippen molar-refractivity contribution in [3.63, 3.8) is 0 Å². The summed E-state index contributed by atoms with van der Waals surface area (Å²) >= 11 is 1.62. The van der Waals surface area contributed by atoms with Crippen LogP contribution in [0.3, 0.4) is 0 Å². The Bertz CT molecular complexity index is 355. The van der Waals surface area contributed by atoms with Crippen LogP contribution in [0.25, 0.3) is 0 Å². The minimum absolute atomic E-state index is 0.149. The molecule has 0 fully saturated rings. The lowest BCUT2D eigenvalue weighted by atomic mass is 10.3. The Morgan fingerprint density at radius 2 is 2.12 bits per heavy atom. The number of hydrogen-bond donors (Lipinski definition) is 1. The van der Waals surface area contributed by atoms with E-state index in [0.717, 1.165) is 10.8 Å². The second kappa shape index (κ2) is 5.30. The van der Waals surface area contributed by atoms with E-state index in [9.17, 15) is 4.79 Å². The highest BCUT2D eigenvalue weighted by molar-refractivity contribution is 7.15. The van der Waals surface area contributed by atoms with Gasteiger partial charge in [-0.2, -0.15) is 0 Å². The maximum atomic E-state index is 10.6. The minimum atomic E-state index is -0.768. The summed E-state index contributed by atoms with van der Waals surface area (Å²) in [6, 6.07) is 0.268. The van der Waals surface area contributed by atoms with Gasteiger partial charge in [0, 0.05) is 17.5 Å². The average Bonchev–Trinajstić information content (AvgIpc) is 2.46. The standard InChI is InChI=1S/C11H18N2O2S/c1-7(2)13(6-5-10(14)15)11-12-8(3)9(4)16-11/h7H,5-6H2,1-4H3,(H,14,15). The molecule has 0 saturated heterocycles. The number of rotatable bonds is 5. The molecular formula is C11H18N2O2S. The van der Waals surface area contributed by atoms with E-state index in [-0.39, 0.29) is 12.5 Å². The molecule has 0 bridgehead atoms. The van der Waals surface area contributed by atoms with E-state index in [0.29, 0.717) is 6.54 Å². The first-order chi connectivity index (χ1) is 7.41. The van der Waals surface area contributed by atoms with Crippen molar-refractivity contribution in [3.8, 4) is 0 Å². The Morgan fingerprint density at radius 1 is 1.50 bits per heavy atom. The van der Waals surface area contributed by atoms with Gasteiger partial charge < -0.3 is 10.0 Å². The van der Waals surface area contributed by atoms with Crippen LogP contribution in [0.2, 0.25) is 0 Å². The number of aromatic nitrogens is 1. The number of anilines is 1. The van der Waals surface area contributed by atoms with Crippen LogP contribution in [0.4, 0.5) is 5.13 Å². The van der Waals surface area contributed by atoms with Crippen molar-refractivity contribution in [2.45, 2.75) is 40.2 Å². The van der Waals surface area contributed by atoms with Crippen LogP contribution < -0.4 is 4.90 Å². The van der Waals surface area contributed by atoms with Crippen LogP contribution in [-0.4, -0.2) is 28.6 Å². The lowest BCUT2D eigenvalue weighted by Gasteiger charge is -2.25. The Hall–Kier alpha value is -1.10. The lowest BCUT2D eigenvalue weighted by Crippen LogP contribution is -2.32. The fraction of sp³-hybridized carbons (Fsp3) is 0.636. The summed E-state index contributed by atoms with van der Waals surface area (Å²) in [6.45, 7) is 8.62. The zero-order chi connectivity index (χ0) is 12.3. The van der Waals surface area contributed by atoms with E-state index in [1.165, 1.54) is 4.88 Å². The van der Waals surface area contributed by atoms with Gasteiger partial charge in [0.15, 0.2) is 5.13 Å². The molecule has 0 aliphatic rings. The largest absolute Gasteiger partial charge is 0.481 e. The van der Waals surface area contributed by atoms with Gasteiger partial charge in [-0.15, -0.1) is 11.3 Å². The number of carbonyl (C=O) groups is 1. The number of hydrogen-bond acceptors (Lipinski definition) is 4. The van der Waals surface area contributed by atoms with E-state index < -0.39 is 5.97 Å². The Balaban J connectivity index is 2.81. The number of aryl methyl sites for hydroxylation is 2. The van der Waals surface area contributed by atoms with Gasteiger partial charge in [0.2, 0.25) is 0 Å². The van der Waals surface area contributed by atoms with E-state index >= 15 is 0 Å². The summed E-state index contributed by atoms with van der Waals surface area (Å²) in [5, 5.41) is 9.63. The first-order valence-corrected chi connectivity index (χ1v) is 6.16. The molecular weight excluding hydrogens is 224 g/mol. The monoisotopic (exact) mass is 242 g/mol. The van der Waals surface area contributed by atoms with Crippen LogP contribution in [0.1, 0.15) is 30.8 Å². The number of carboxylic acid groups (broad SMARTS) is 1. The number of thiazole rings is 1. The third-order valence-corrected chi connectivity index (χ3v) is 3.56. The second-order valence-electron chi connectivity index (χ2n) is 4.07. The first kappa shape index (κ1) is 13.0. The molecule has 0 spiro atoms. The van der Waals surface area contributed by atoms with Crippen molar-refractivity contribution in [2.24, 2.45) is 0 Å². The van der Waals surface area contributed by atoms with E-state index in [2.05, 4.69) is 4.98 Å². The van der Waals surface area contributed by atoms with Crippen LogP contribution in [0.5, 0.6) is 0 Å². The molecule has 16 heavy (non-hydrogen) atoms. The van der Waals surface area contributed by atoms with Gasteiger partial charge in [0.1, 0.15) is 0 Å². The van der Waals surface area contributed by atoms with Gasteiger partial charge >= 0.3 is 5.97 Å². The van der Waals surface area contributed by atoms with Crippen molar-refractivity contribution in [1.82, 2.24) is 4.98 Å². The smallest absolute Gasteiger partial charge is 0.305 e. The topological polar surface area (TPSA) is 53.4 Å². The zero-order valence-electron chi connectivity index (χ0n) is 10.1. The molecule has 0 amide bonds. The third kappa shape index (κ3) is 3.20. The van der Waals surface area contributed by atoms with Crippen molar-refractivity contribution in [3.05, 3.63) is 10.6 Å².